The molecule has 0 atom stereocenters. The van der Waals surface area contributed by atoms with Crippen molar-refractivity contribution >= 4 is 21.9 Å². The fourth-order valence-electron chi connectivity index (χ4n) is 1.98. The van der Waals surface area contributed by atoms with Crippen LogP contribution in [0.4, 0.5) is 0 Å². The predicted octanol–water partition coefficient (Wildman–Crippen LogP) is 3.11. The van der Waals surface area contributed by atoms with Crippen molar-refractivity contribution in [1.82, 2.24) is 0 Å². The number of benzene rings is 1. The van der Waals surface area contributed by atoms with E-state index in [1.807, 2.05) is 19.1 Å². The van der Waals surface area contributed by atoms with E-state index in [4.69, 9.17) is 4.74 Å². The molecule has 1 aliphatic carbocycles. The van der Waals surface area contributed by atoms with Gasteiger partial charge in [0.25, 0.3) is 0 Å². The summed E-state index contributed by atoms with van der Waals surface area (Å²) in [5.41, 5.74) is 3.29. The van der Waals surface area contributed by atoms with Gasteiger partial charge in [-0.05, 0) is 49.4 Å². The van der Waals surface area contributed by atoms with E-state index in [0.717, 1.165) is 17.3 Å². The van der Waals surface area contributed by atoms with Crippen LogP contribution in [0.15, 0.2) is 16.6 Å². The summed E-state index contributed by atoms with van der Waals surface area (Å²) in [5, 5.41) is 0. The van der Waals surface area contributed by atoms with E-state index in [1.54, 1.807) is 0 Å². The molecule has 0 heterocycles. The molecule has 0 fully saturated rings. The molecular formula is C12H13BrO2. The van der Waals surface area contributed by atoms with Crippen molar-refractivity contribution in [2.45, 2.75) is 26.2 Å². The molecule has 2 rings (SSSR count). The molecule has 0 aromatic heterocycles. The molecule has 0 saturated carbocycles. The minimum Gasteiger partial charge on any atom is -0.462 e. The number of carbonyl (C=O) groups excluding carboxylic acids is 1. The number of aryl methyl sites for hydroxylation is 1. The third kappa shape index (κ3) is 2.07. The number of esters is 1. The lowest BCUT2D eigenvalue weighted by molar-refractivity contribution is 0.0526. The number of fused-ring (bicyclic) bond motifs is 1. The van der Waals surface area contributed by atoms with E-state index in [-0.39, 0.29) is 5.97 Å². The summed E-state index contributed by atoms with van der Waals surface area (Å²) in [7, 11) is 0. The van der Waals surface area contributed by atoms with Crippen molar-refractivity contribution in [2.75, 3.05) is 6.61 Å². The molecule has 0 saturated heterocycles. The first-order valence-electron chi connectivity index (χ1n) is 5.20. The number of halogens is 1. The molecule has 0 amide bonds. The second-order valence-electron chi connectivity index (χ2n) is 3.67. The molecule has 1 aliphatic rings. The van der Waals surface area contributed by atoms with Crippen molar-refractivity contribution < 1.29 is 9.53 Å². The van der Waals surface area contributed by atoms with Gasteiger partial charge in [0.15, 0.2) is 0 Å². The molecule has 0 aliphatic heterocycles. The van der Waals surface area contributed by atoms with Crippen LogP contribution in [0.1, 0.15) is 34.8 Å². The summed E-state index contributed by atoms with van der Waals surface area (Å²) in [4.78, 5) is 11.6. The Morgan fingerprint density at radius 3 is 3.00 bits per heavy atom. The molecule has 3 heteroatoms. The highest BCUT2D eigenvalue weighted by Crippen LogP contribution is 2.30. The van der Waals surface area contributed by atoms with E-state index < -0.39 is 0 Å². The Kier molecular flexibility index (Phi) is 3.10. The predicted molar refractivity (Wildman–Crippen MR) is 62.1 cm³/mol. The van der Waals surface area contributed by atoms with E-state index in [9.17, 15) is 4.79 Å². The van der Waals surface area contributed by atoms with Crippen LogP contribution >= 0.6 is 15.9 Å². The van der Waals surface area contributed by atoms with Gasteiger partial charge in [-0.3, -0.25) is 0 Å². The quantitative estimate of drug-likeness (QED) is 0.771. The zero-order valence-corrected chi connectivity index (χ0v) is 10.3. The van der Waals surface area contributed by atoms with E-state index >= 15 is 0 Å². The Balaban J connectivity index is 2.35. The first kappa shape index (κ1) is 10.7. The SMILES string of the molecule is CCOC(=O)c1cc(Br)c2c(c1)CCC2. The smallest absolute Gasteiger partial charge is 0.338 e. The summed E-state index contributed by atoms with van der Waals surface area (Å²) in [6.45, 7) is 2.24. The van der Waals surface area contributed by atoms with E-state index in [1.165, 1.54) is 17.5 Å². The highest BCUT2D eigenvalue weighted by Gasteiger charge is 2.17. The zero-order valence-electron chi connectivity index (χ0n) is 8.68. The van der Waals surface area contributed by atoms with Gasteiger partial charge in [-0.25, -0.2) is 4.79 Å². The third-order valence-corrected chi connectivity index (χ3v) is 3.38. The summed E-state index contributed by atoms with van der Waals surface area (Å²) < 4.78 is 6.03. The first-order valence-corrected chi connectivity index (χ1v) is 6.00. The van der Waals surface area contributed by atoms with Crippen molar-refractivity contribution in [2.24, 2.45) is 0 Å². The van der Waals surface area contributed by atoms with Crippen LogP contribution in [0.25, 0.3) is 0 Å². The molecule has 0 spiro atoms. The largest absolute Gasteiger partial charge is 0.462 e. The number of hydrogen-bond donors (Lipinski definition) is 0. The Morgan fingerprint density at radius 1 is 1.47 bits per heavy atom. The Hall–Kier alpha value is -0.830. The standard InChI is InChI=1S/C12H13BrO2/c1-2-15-12(14)9-6-8-4-3-5-10(8)11(13)7-9/h6-7H,2-5H2,1H3. The van der Waals surface area contributed by atoms with Crippen LogP contribution in [0, 0.1) is 0 Å². The lowest BCUT2D eigenvalue weighted by Gasteiger charge is -2.06. The van der Waals surface area contributed by atoms with Gasteiger partial charge in [0.2, 0.25) is 0 Å². The average molecular weight is 269 g/mol. The van der Waals surface area contributed by atoms with Crippen LogP contribution in [-0.4, -0.2) is 12.6 Å². The van der Waals surface area contributed by atoms with Gasteiger partial charge in [-0.1, -0.05) is 15.9 Å². The van der Waals surface area contributed by atoms with E-state index in [2.05, 4.69) is 15.9 Å². The molecular weight excluding hydrogens is 256 g/mol. The number of ether oxygens (including phenoxy) is 1. The monoisotopic (exact) mass is 268 g/mol. The highest BCUT2D eigenvalue weighted by atomic mass is 79.9. The lowest BCUT2D eigenvalue weighted by Crippen LogP contribution is -2.05. The van der Waals surface area contributed by atoms with Crippen LogP contribution in [0.2, 0.25) is 0 Å². The maximum atomic E-state index is 11.6. The van der Waals surface area contributed by atoms with Gasteiger partial charge >= 0.3 is 5.97 Å². The third-order valence-electron chi connectivity index (χ3n) is 2.67. The molecule has 1 aromatic carbocycles. The fraction of sp³-hybridized carbons (Fsp3) is 0.417. The van der Waals surface area contributed by atoms with Gasteiger partial charge in [0.1, 0.15) is 0 Å². The molecule has 80 valence electrons. The summed E-state index contributed by atoms with van der Waals surface area (Å²) in [6, 6.07) is 3.83. The Labute approximate surface area is 97.8 Å². The van der Waals surface area contributed by atoms with Crippen molar-refractivity contribution in [3.8, 4) is 0 Å². The summed E-state index contributed by atoms with van der Waals surface area (Å²) in [6.07, 6.45) is 3.36. The number of carbonyl (C=O) groups is 1. The normalized spacial score (nSPS) is 13.7. The molecule has 0 N–H and O–H groups in total. The van der Waals surface area contributed by atoms with Gasteiger partial charge in [0, 0.05) is 4.47 Å². The average Bonchev–Trinajstić information content (AvgIpc) is 2.66. The molecule has 2 nitrogen and oxygen atoms in total. The molecule has 15 heavy (non-hydrogen) atoms. The van der Waals surface area contributed by atoms with Gasteiger partial charge in [-0.2, -0.15) is 0 Å². The minimum absolute atomic E-state index is 0.229. The Bertz CT molecular complexity index is 399. The van der Waals surface area contributed by atoms with Crippen LogP contribution in [0.5, 0.6) is 0 Å². The zero-order chi connectivity index (χ0) is 10.8. The van der Waals surface area contributed by atoms with Crippen molar-refractivity contribution in [3.63, 3.8) is 0 Å². The van der Waals surface area contributed by atoms with Crippen LogP contribution in [-0.2, 0) is 17.6 Å². The number of rotatable bonds is 2. The summed E-state index contributed by atoms with van der Waals surface area (Å²) in [5.74, 6) is -0.229. The maximum absolute atomic E-state index is 11.6. The first-order chi connectivity index (χ1) is 7.22. The van der Waals surface area contributed by atoms with Gasteiger partial charge in [-0.15, -0.1) is 0 Å². The second-order valence-corrected chi connectivity index (χ2v) is 4.52. The molecule has 0 unspecified atom stereocenters. The number of hydrogen-bond acceptors (Lipinski definition) is 2. The van der Waals surface area contributed by atoms with Crippen molar-refractivity contribution in [1.29, 1.82) is 0 Å². The molecule has 1 aromatic rings. The lowest BCUT2D eigenvalue weighted by atomic mass is 10.1. The highest BCUT2D eigenvalue weighted by molar-refractivity contribution is 9.10. The Morgan fingerprint density at radius 2 is 2.27 bits per heavy atom. The molecule has 0 bridgehead atoms. The topological polar surface area (TPSA) is 26.3 Å². The van der Waals surface area contributed by atoms with Crippen LogP contribution < -0.4 is 0 Å². The minimum atomic E-state index is -0.229. The fourth-order valence-corrected chi connectivity index (χ4v) is 2.68. The van der Waals surface area contributed by atoms with Crippen LogP contribution in [0.3, 0.4) is 0 Å². The van der Waals surface area contributed by atoms with E-state index in [0.29, 0.717) is 12.2 Å². The maximum Gasteiger partial charge on any atom is 0.338 e. The second kappa shape index (κ2) is 4.35. The van der Waals surface area contributed by atoms with Crippen molar-refractivity contribution in [3.05, 3.63) is 33.3 Å². The molecule has 0 radical (unpaired) electrons. The van der Waals surface area contributed by atoms with Gasteiger partial charge < -0.3 is 4.74 Å². The van der Waals surface area contributed by atoms with Gasteiger partial charge in [0.05, 0.1) is 12.2 Å². The summed E-state index contributed by atoms with van der Waals surface area (Å²) >= 11 is 3.51.